The smallest absolute Gasteiger partial charge is 0.244 e. The van der Waals surface area contributed by atoms with E-state index in [1.165, 1.54) is 0 Å². The molecule has 1 aliphatic rings. The van der Waals surface area contributed by atoms with Crippen molar-refractivity contribution in [1.82, 2.24) is 5.32 Å². The molecule has 0 radical (unpaired) electrons. The summed E-state index contributed by atoms with van der Waals surface area (Å²) in [5.74, 6) is 0.0422. The van der Waals surface area contributed by atoms with E-state index in [-0.39, 0.29) is 5.91 Å². The summed E-state index contributed by atoms with van der Waals surface area (Å²) in [7, 11) is 0. The number of hydrogen-bond acceptors (Lipinski definition) is 3. The number of hydrogen-bond donors (Lipinski definition) is 2. The minimum absolute atomic E-state index is 0.0422. The van der Waals surface area contributed by atoms with E-state index in [9.17, 15) is 4.79 Å². The highest BCUT2D eigenvalue weighted by Crippen LogP contribution is 2.25. The summed E-state index contributed by atoms with van der Waals surface area (Å²) in [6.07, 6.45) is 3.13. The Morgan fingerprint density at radius 2 is 2.21 bits per heavy atom. The lowest BCUT2D eigenvalue weighted by molar-refractivity contribution is -0.122. The van der Waals surface area contributed by atoms with Gasteiger partial charge in [-0.1, -0.05) is 19.1 Å². The number of benzene rings is 1. The molecule has 1 unspecified atom stereocenters. The molecule has 100 valence electrons. The van der Waals surface area contributed by atoms with Crippen LogP contribution >= 0.6 is 0 Å². The van der Waals surface area contributed by atoms with Crippen LogP contribution in [0.2, 0.25) is 0 Å². The van der Waals surface area contributed by atoms with Gasteiger partial charge >= 0.3 is 0 Å². The zero-order chi connectivity index (χ0) is 13.7. The highest BCUT2D eigenvalue weighted by Gasteiger charge is 2.38. The summed E-state index contributed by atoms with van der Waals surface area (Å²) in [5.41, 5.74) is 1.34. The minimum atomic E-state index is -0.411. The Morgan fingerprint density at radius 3 is 2.74 bits per heavy atom. The normalized spacial score (nSPS) is 21.9. The molecule has 1 atom stereocenters. The van der Waals surface area contributed by atoms with Gasteiger partial charge in [0, 0.05) is 5.69 Å². The highest BCUT2D eigenvalue weighted by molar-refractivity contribution is 5.98. The predicted molar refractivity (Wildman–Crippen MR) is 74.6 cm³/mol. The molecule has 4 nitrogen and oxygen atoms in total. The van der Waals surface area contributed by atoms with Crippen molar-refractivity contribution in [2.75, 3.05) is 11.9 Å². The highest BCUT2D eigenvalue weighted by atomic mass is 16.2. The Morgan fingerprint density at radius 1 is 1.47 bits per heavy atom. The standard InChI is InChI=1S/C15H19N3O/c1-2-15(9-3-11-17-15)14(19)18-13-6-4-12(5-7-13)8-10-16/h4-7,17H,2-3,8-9,11H2,1H3,(H,18,19). The number of carbonyl (C=O) groups is 1. The van der Waals surface area contributed by atoms with Gasteiger partial charge in [0.05, 0.1) is 18.0 Å². The molecular formula is C15H19N3O. The molecule has 19 heavy (non-hydrogen) atoms. The molecule has 1 aliphatic heterocycles. The Balaban J connectivity index is 2.04. The van der Waals surface area contributed by atoms with Crippen molar-refractivity contribution in [1.29, 1.82) is 5.26 Å². The first-order valence-electron chi connectivity index (χ1n) is 6.72. The van der Waals surface area contributed by atoms with E-state index < -0.39 is 5.54 Å². The van der Waals surface area contributed by atoms with Crippen molar-refractivity contribution in [3.05, 3.63) is 29.8 Å². The summed E-state index contributed by atoms with van der Waals surface area (Å²) < 4.78 is 0. The van der Waals surface area contributed by atoms with Crippen LogP contribution in [0.5, 0.6) is 0 Å². The Labute approximate surface area is 113 Å². The van der Waals surface area contributed by atoms with Gasteiger partial charge in [-0.25, -0.2) is 0 Å². The largest absolute Gasteiger partial charge is 0.324 e. The van der Waals surface area contributed by atoms with Crippen molar-refractivity contribution in [3.63, 3.8) is 0 Å². The lowest BCUT2D eigenvalue weighted by atomic mass is 9.93. The third-order valence-corrected chi connectivity index (χ3v) is 3.78. The summed E-state index contributed by atoms with van der Waals surface area (Å²) in [6, 6.07) is 9.56. The average molecular weight is 257 g/mol. The summed E-state index contributed by atoms with van der Waals surface area (Å²) in [5, 5.41) is 14.9. The lowest BCUT2D eigenvalue weighted by Crippen LogP contribution is -2.50. The first-order chi connectivity index (χ1) is 9.20. The second-order valence-electron chi connectivity index (χ2n) is 4.95. The number of anilines is 1. The average Bonchev–Trinajstić information content (AvgIpc) is 2.91. The summed E-state index contributed by atoms with van der Waals surface area (Å²) >= 11 is 0. The van der Waals surface area contributed by atoms with Crippen molar-refractivity contribution in [2.24, 2.45) is 0 Å². The van der Waals surface area contributed by atoms with E-state index in [1.807, 2.05) is 31.2 Å². The third kappa shape index (κ3) is 2.94. The second-order valence-corrected chi connectivity index (χ2v) is 4.95. The van der Waals surface area contributed by atoms with E-state index in [0.29, 0.717) is 6.42 Å². The summed E-state index contributed by atoms with van der Waals surface area (Å²) in [6.45, 7) is 2.94. The van der Waals surface area contributed by atoms with E-state index in [4.69, 9.17) is 5.26 Å². The van der Waals surface area contributed by atoms with Crippen LogP contribution in [-0.4, -0.2) is 18.0 Å². The molecular weight excluding hydrogens is 238 g/mol. The first kappa shape index (κ1) is 13.6. The second kappa shape index (κ2) is 5.85. The van der Waals surface area contributed by atoms with Crippen LogP contribution in [0.3, 0.4) is 0 Å². The molecule has 1 heterocycles. The molecule has 2 rings (SSSR count). The lowest BCUT2D eigenvalue weighted by Gasteiger charge is -2.26. The number of nitrogens with one attached hydrogen (secondary N) is 2. The minimum Gasteiger partial charge on any atom is -0.324 e. The molecule has 0 spiro atoms. The predicted octanol–water partition coefficient (Wildman–Crippen LogP) is 2.22. The van der Waals surface area contributed by atoms with Gasteiger partial charge in [0.15, 0.2) is 0 Å². The number of amides is 1. The monoisotopic (exact) mass is 257 g/mol. The van der Waals surface area contributed by atoms with Gasteiger partial charge in [0.1, 0.15) is 0 Å². The fraction of sp³-hybridized carbons (Fsp3) is 0.467. The molecule has 4 heteroatoms. The van der Waals surface area contributed by atoms with Crippen molar-refractivity contribution < 1.29 is 4.79 Å². The molecule has 0 bridgehead atoms. The molecule has 1 amide bonds. The maximum Gasteiger partial charge on any atom is 0.244 e. The quantitative estimate of drug-likeness (QED) is 0.869. The topological polar surface area (TPSA) is 64.9 Å². The first-order valence-corrected chi connectivity index (χ1v) is 6.72. The van der Waals surface area contributed by atoms with E-state index in [0.717, 1.165) is 37.1 Å². The van der Waals surface area contributed by atoms with E-state index >= 15 is 0 Å². The van der Waals surface area contributed by atoms with Crippen molar-refractivity contribution >= 4 is 11.6 Å². The van der Waals surface area contributed by atoms with E-state index in [2.05, 4.69) is 16.7 Å². The van der Waals surface area contributed by atoms with Crippen LogP contribution in [-0.2, 0) is 11.2 Å². The van der Waals surface area contributed by atoms with Crippen molar-refractivity contribution in [2.45, 2.75) is 38.1 Å². The summed E-state index contributed by atoms with van der Waals surface area (Å²) in [4.78, 5) is 12.4. The van der Waals surface area contributed by atoms with E-state index in [1.54, 1.807) is 0 Å². The fourth-order valence-electron chi connectivity index (χ4n) is 2.51. The maximum absolute atomic E-state index is 12.4. The number of rotatable bonds is 4. The number of nitriles is 1. The van der Waals surface area contributed by atoms with Crippen LogP contribution in [0.4, 0.5) is 5.69 Å². The van der Waals surface area contributed by atoms with Gasteiger partial charge in [0.2, 0.25) is 5.91 Å². The zero-order valence-corrected chi connectivity index (χ0v) is 11.2. The third-order valence-electron chi connectivity index (χ3n) is 3.78. The van der Waals surface area contributed by atoms with Gasteiger partial charge in [-0.15, -0.1) is 0 Å². The van der Waals surface area contributed by atoms with Gasteiger partial charge in [0.25, 0.3) is 0 Å². The van der Waals surface area contributed by atoms with Crippen LogP contribution in [0.25, 0.3) is 0 Å². The molecule has 0 aliphatic carbocycles. The molecule has 1 aromatic carbocycles. The molecule has 0 saturated carbocycles. The maximum atomic E-state index is 12.4. The van der Waals surface area contributed by atoms with Gasteiger partial charge in [-0.05, 0) is 43.5 Å². The van der Waals surface area contributed by atoms with Crippen LogP contribution in [0.15, 0.2) is 24.3 Å². The van der Waals surface area contributed by atoms with Gasteiger partial charge < -0.3 is 10.6 Å². The van der Waals surface area contributed by atoms with Gasteiger partial charge in [-0.3, -0.25) is 4.79 Å². The Bertz CT molecular complexity index is 481. The number of nitrogens with zero attached hydrogens (tertiary/aromatic N) is 1. The zero-order valence-electron chi connectivity index (χ0n) is 11.2. The molecule has 1 saturated heterocycles. The Kier molecular flexibility index (Phi) is 4.18. The van der Waals surface area contributed by atoms with Crippen molar-refractivity contribution in [3.8, 4) is 6.07 Å². The van der Waals surface area contributed by atoms with Crippen LogP contribution in [0, 0.1) is 11.3 Å². The number of carbonyl (C=O) groups excluding carboxylic acids is 1. The SMILES string of the molecule is CCC1(C(=O)Nc2ccc(CC#N)cc2)CCCN1. The molecule has 1 aromatic rings. The molecule has 0 aromatic heterocycles. The van der Waals surface area contributed by atoms with Crippen LogP contribution < -0.4 is 10.6 Å². The van der Waals surface area contributed by atoms with Gasteiger partial charge in [-0.2, -0.15) is 5.26 Å². The molecule has 2 N–H and O–H groups in total. The van der Waals surface area contributed by atoms with Crippen LogP contribution in [0.1, 0.15) is 31.7 Å². The fourth-order valence-corrected chi connectivity index (χ4v) is 2.51. The molecule has 1 fully saturated rings. The Hall–Kier alpha value is -1.86.